The average molecular weight is 219 g/mol. The van der Waals surface area contributed by atoms with Crippen molar-refractivity contribution in [3.63, 3.8) is 0 Å². The summed E-state index contributed by atoms with van der Waals surface area (Å²) < 4.78 is 12.8. The second-order valence-corrected chi connectivity index (χ2v) is 3.60. The number of thiol groups is 1. The van der Waals surface area contributed by atoms with Crippen LogP contribution in [-0.4, -0.2) is 5.78 Å². The predicted octanol–water partition coefficient (Wildman–Crippen LogP) is 2.98. The van der Waals surface area contributed by atoms with E-state index in [0.717, 1.165) is 0 Å². The van der Waals surface area contributed by atoms with Crippen LogP contribution in [0.25, 0.3) is 0 Å². The first-order chi connectivity index (χ1) is 6.02. The minimum Gasteiger partial charge on any atom is -0.298 e. The molecular weight excluding hydrogens is 211 g/mol. The first-order valence-corrected chi connectivity index (χ1v) is 4.53. The van der Waals surface area contributed by atoms with Crippen molar-refractivity contribution >= 4 is 30.0 Å². The van der Waals surface area contributed by atoms with Gasteiger partial charge in [0.15, 0.2) is 5.78 Å². The van der Waals surface area contributed by atoms with Gasteiger partial charge in [0.1, 0.15) is 11.2 Å². The Balaban J connectivity index is 3.03. The quantitative estimate of drug-likeness (QED) is 0.597. The number of hydrogen-bond acceptors (Lipinski definition) is 2. The maximum atomic E-state index is 12.8. The number of benzene rings is 1. The van der Waals surface area contributed by atoms with E-state index >= 15 is 0 Å². The van der Waals surface area contributed by atoms with Gasteiger partial charge in [-0.15, -0.1) is 24.2 Å². The van der Waals surface area contributed by atoms with Gasteiger partial charge in [-0.25, -0.2) is 4.39 Å². The van der Waals surface area contributed by atoms with Crippen LogP contribution in [0.4, 0.5) is 4.39 Å². The highest BCUT2D eigenvalue weighted by atomic mass is 35.5. The Morgan fingerprint density at radius 1 is 1.62 bits per heavy atom. The molecule has 1 aromatic rings. The number of rotatable bonds is 2. The SMILES string of the molecule is CC(=O)C(Cl)c1ccc(F)c(S)c1. The van der Waals surface area contributed by atoms with E-state index in [2.05, 4.69) is 12.6 Å². The summed E-state index contributed by atoms with van der Waals surface area (Å²) in [7, 11) is 0. The van der Waals surface area contributed by atoms with E-state index in [1.54, 1.807) is 0 Å². The Morgan fingerprint density at radius 2 is 2.23 bits per heavy atom. The molecule has 0 aliphatic carbocycles. The molecule has 0 saturated carbocycles. The monoisotopic (exact) mass is 218 g/mol. The highest BCUT2D eigenvalue weighted by Gasteiger charge is 2.13. The van der Waals surface area contributed by atoms with Gasteiger partial charge >= 0.3 is 0 Å². The summed E-state index contributed by atoms with van der Waals surface area (Å²) in [6.45, 7) is 1.39. The van der Waals surface area contributed by atoms with Gasteiger partial charge in [0, 0.05) is 4.90 Å². The zero-order valence-corrected chi connectivity index (χ0v) is 8.57. The molecule has 70 valence electrons. The Morgan fingerprint density at radius 3 is 2.69 bits per heavy atom. The van der Waals surface area contributed by atoms with Crippen LogP contribution in [0.3, 0.4) is 0 Å². The fraction of sp³-hybridized carbons (Fsp3) is 0.222. The molecule has 4 heteroatoms. The van der Waals surface area contributed by atoms with E-state index in [4.69, 9.17) is 11.6 Å². The number of ketones is 1. The smallest absolute Gasteiger partial charge is 0.152 e. The molecular formula is C9H8ClFOS. The van der Waals surface area contributed by atoms with Crippen LogP contribution in [0, 0.1) is 5.82 Å². The third-order valence-corrected chi connectivity index (χ3v) is 2.52. The van der Waals surface area contributed by atoms with Crippen molar-refractivity contribution in [2.75, 3.05) is 0 Å². The topological polar surface area (TPSA) is 17.1 Å². The molecule has 0 aliphatic heterocycles. The second kappa shape index (κ2) is 4.11. The fourth-order valence-corrected chi connectivity index (χ4v) is 1.28. The van der Waals surface area contributed by atoms with Crippen molar-refractivity contribution in [2.24, 2.45) is 0 Å². The van der Waals surface area contributed by atoms with Crippen LogP contribution in [-0.2, 0) is 4.79 Å². The van der Waals surface area contributed by atoms with Gasteiger partial charge in [0.05, 0.1) is 0 Å². The van der Waals surface area contributed by atoms with Crippen LogP contribution in [0.5, 0.6) is 0 Å². The number of carbonyl (C=O) groups is 1. The normalized spacial score (nSPS) is 12.6. The summed E-state index contributed by atoms with van der Waals surface area (Å²) in [5, 5.41) is -0.716. The molecule has 0 saturated heterocycles. The lowest BCUT2D eigenvalue weighted by atomic mass is 10.1. The van der Waals surface area contributed by atoms with Crippen molar-refractivity contribution in [2.45, 2.75) is 17.2 Å². The summed E-state index contributed by atoms with van der Waals surface area (Å²) in [6, 6.07) is 4.18. The third-order valence-electron chi connectivity index (χ3n) is 1.62. The molecule has 1 aromatic carbocycles. The van der Waals surface area contributed by atoms with Gasteiger partial charge in [-0.1, -0.05) is 6.07 Å². The van der Waals surface area contributed by atoms with Gasteiger partial charge in [0.2, 0.25) is 0 Å². The Bertz CT molecular complexity index is 340. The van der Waals surface area contributed by atoms with Crippen molar-refractivity contribution in [1.82, 2.24) is 0 Å². The van der Waals surface area contributed by atoms with Gasteiger partial charge in [-0.2, -0.15) is 0 Å². The standard InChI is InChI=1S/C9H8ClFOS/c1-5(12)9(10)6-2-3-7(11)8(13)4-6/h2-4,9,13H,1H3. The summed E-state index contributed by atoms with van der Waals surface area (Å²) in [5.74, 6) is -0.583. The van der Waals surface area contributed by atoms with Crippen LogP contribution < -0.4 is 0 Å². The zero-order valence-electron chi connectivity index (χ0n) is 6.92. The van der Waals surface area contributed by atoms with Crippen molar-refractivity contribution in [3.05, 3.63) is 29.6 Å². The molecule has 0 bridgehead atoms. The molecule has 0 fully saturated rings. The maximum Gasteiger partial charge on any atom is 0.152 e. The third kappa shape index (κ3) is 2.45. The number of carbonyl (C=O) groups excluding carboxylic acids is 1. The van der Waals surface area contributed by atoms with Crippen molar-refractivity contribution < 1.29 is 9.18 Å². The molecule has 0 radical (unpaired) electrons. The first-order valence-electron chi connectivity index (χ1n) is 3.65. The average Bonchev–Trinajstić information content (AvgIpc) is 2.08. The molecule has 13 heavy (non-hydrogen) atoms. The fourth-order valence-electron chi connectivity index (χ4n) is 0.922. The lowest BCUT2D eigenvalue weighted by Crippen LogP contribution is -2.01. The molecule has 1 rings (SSSR count). The lowest BCUT2D eigenvalue weighted by molar-refractivity contribution is -0.116. The van der Waals surface area contributed by atoms with Crippen LogP contribution in [0.15, 0.2) is 23.1 Å². The van der Waals surface area contributed by atoms with E-state index in [9.17, 15) is 9.18 Å². The molecule has 1 unspecified atom stereocenters. The maximum absolute atomic E-state index is 12.8. The summed E-state index contributed by atoms with van der Waals surface area (Å²) in [6.07, 6.45) is 0. The van der Waals surface area contributed by atoms with Crippen LogP contribution in [0.2, 0.25) is 0 Å². The molecule has 1 atom stereocenters. The molecule has 0 aliphatic rings. The first kappa shape index (κ1) is 10.5. The van der Waals surface area contributed by atoms with Gasteiger partial charge in [-0.05, 0) is 24.6 Å². The number of hydrogen-bond donors (Lipinski definition) is 1. The minimum absolute atomic E-state index is 0.166. The van der Waals surface area contributed by atoms with E-state index in [1.807, 2.05) is 0 Å². The molecule has 1 nitrogen and oxygen atoms in total. The summed E-state index contributed by atoms with van der Waals surface area (Å²) in [4.78, 5) is 11.1. The van der Waals surface area contributed by atoms with Crippen LogP contribution in [0.1, 0.15) is 17.9 Å². The molecule has 0 spiro atoms. The summed E-state index contributed by atoms with van der Waals surface area (Å²) >= 11 is 9.65. The van der Waals surface area contributed by atoms with Crippen LogP contribution >= 0.6 is 24.2 Å². The molecule has 0 aromatic heterocycles. The van der Waals surface area contributed by atoms with Gasteiger partial charge in [-0.3, -0.25) is 4.79 Å². The molecule has 0 N–H and O–H groups in total. The second-order valence-electron chi connectivity index (χ2n) is 2.68. The predicted molar refractivity (Wildman–Crippen MR) is 52.9 cm³/mol. The largest absolute Gasteiger partial charge is 0.298 e. The molecule has 0 heterocycles. The number of alkyl halides is 1. The van der Waals surface area contributed by atoms with Crippen molar-refractivity contribution in [1.29, 1.82) is 0 Å². The number of halogens is 2. The Labute approximate surface area is 86.3 Å². The molecule has 0 amide bonds. The van der Waals surface area contributed by atoms with E-state index in [1.165, 1.54) is 25.1 Å². The van der Waals surface area contributed by atoms with Gasteiger partial charge < -0.3 is 0 Å². The van der Waals surface area contributed by atoms with Gasteiger partial charge in [0.25, 0.3) is 0 Å². The van der Waals surface area contributed by atoms with E-state index in [0.29, 0.717) is 5.56 Å². The highest BCUT2D eigenvalue weighted by Crippen LogP contribution is 2.24. The van der Waals surface area contributed by atoms with E-state index in [-0.39, 0.29) is 10.7 Å². The van der Waals surface area contributed by atoms with Crippen molar-refractivity contribution in [3.8, 4) is 0 Å². The summed E-state index contributed by atoms with van der Waals surface area (Å²) in [5.41, 5.74) is 0.570. The van der Waals surface area contributed by atoms with E-state index < -0.39 is 11.2 Å². The lowest BCUT2D eigenvalue weighted by Gasteiger charge is -2.06. The Hall–Kier alpha value is -0.540. The number of Topliss-reactive ketones (excluding diaryl/α,β-unsaturated/α-hetero) is 1. The minimum atomic E-state index is -0.716. The zero-order chi connectivity index (χ0) is 10.0. The Kier molecular flexibility index (Phi) is 3.33. The highest BCUT2D eigenvalue weighted by molar-refractivity contribution is 7.80.